The molecule has 2 aromatic heterocycles. The van der Waals surface area contributed by atoms with Crippen molar-refractivity contribution in [2.45, 2.75) is 84.5 Å². The summed E-state index contributed by atoms with van der Waals surface area (Å²) >= 11 is 2.88. The Labute approximate surface area is 510 Å². The molecule has 2 fully saturated rings. The van der Waals surface area contributed by atoms with Gasteiger partial charge in [-0.2, -0.15) is 11.0 Å². The van der Waals surface area contributed by atoms with Gasteiger partial charge in [0.15, 0.2) is 34.8 Å². The number of fused-ring (bicyclic) bond motifs is 4. The van der Waals surface area contributed by atoms with E-state index in [0.29, 0.717) is 54.7 Å². The number of nitrogens with zero attached hydrogens (tertiary/aromatic N) is 2. The number of halogens is 4. The maximum atomic E-state index is 15.0. The molecule has 430 valence electrons. The molecule has 2 aliphatic carbocycles. The molecule has 0 amide bonds. The number of aliphatic hydroxyl groups excluding tert-OH is 2. The molecule has 0 saturated heterocycles. The van der Waals surface area contributed by atoms with Crippen LogP contribution in [0.25, 0.3) is 0 Å². The van der Waals surface area contributed by atoms with Gasteiger partial charge in [0.05, 0.1) is 24.6 Å². The molecule has 22 heteroatoms. The van der Waals surface area contributed by atoms with Crippen LogP contribution in [0, 0.1) is 44.2 Å². The molecule has 2 unspecified atom stereocenters. The maximum absolute atomic E-state index is 15.0. The summed E-state index contributed by atoms with van der Waals surface area (Å²) in [5.41, 5.74) is 3.12. The van der Waals surface area contributed by atoms with E-state index in [4.69, 9.17) is 39.3 Å². The molecule has 84 heavy (non-hydrogen) atoms. The first-order valence-electron chi connectivity index (χ1n) is 26.4. The molecule has 12 rings (SSSR count). The van der Waals surface area contributed by atoms with Crippen molar-refractivity contribution in [2.24, 2.45) is 22.1 Å². The number of hydroxylamine groups is 2. The molecule has 4 aliphatic rings. The third-order valence-corrected chi connectivity index (χ3v) is 17.7. The zero-order valence-corrected chi connectivity index (χ0v) is 48.9. The van der Waals surface area contributed by atoms with Crippen LogP contribution in [0.5, 0.6) is 11.5 Å². The third kappa shape index (κ3) is 13.4. The Hall–Kier alpha value is -6.60. The van der Waals surface area contributed by atoms with E-state index in [-0.39, 0.29) is 89.1 Å². The second kappa shape index (κ2) is 27.6. The molecule has 6 aromatic carbocycles. The second-order valence-electron chi connectivity index (χ2n) is 20.5. The van der Waals surface area contributed by atoms with Crippen molar-refractivity contribution in [1.82, 2.24) is 10.4 Å². The molecule has 4 heterocycles. The molecule has 2 aliphatic heterocycles. The van der Waals surface area contributed by atoms with Gasteiger partial charge in [0.25, 0.3) is 0 Å². The summed E-state index contributed by atoms with van der Waals surface area (Å²) in [5, 5.41) is 37.2. The number of thioether (sulfide) groups is 2. The number of ether oxygens (including phenoxy) is 2. The normalized spacial score (nSPS) is 17.2. The second-order valence-corrected chi connectivity index (χ2v) is 22.6. The predicted molar refractivity (Wildman–Crippen MR) is 302 cm³/mol. The maximum Gasteiger partial charge on any atom is 1.00 e. The van der Waals surface area contributed by atoms with Crippen molar-refractivity contribution in [1.29, 1.82) is 0 Å². The Bertz CT molecular complexity index is 3710. The van der Waals surface area contributed by atoms with Crippen molar-refractivity contribution >= 4 is 23.5 Å². The molecule has 0 spiro atoms. The van der Waals surface area contributed by atoms with Crippen LogP contribution in [-0.4, -0.2) is 28.4 Å². The summed E-state index contributed by atoms with van der Waals surface area (Å²) in [7, 11) is 0. The zero-order chi connectivity index (χ0) is 58.3. The van der Waals surface area contributed by atoms with Crippen LogP contribution in [0.15, 0.2) is 192 Å². The average Bonchev–Trinajstić information content (AvgIpc) is 3.27. The number of benzene rings is 6. The number of hydrogen-bond donors (Lipinski definition) is 4. The topological polar surface area (TPSA) is 222 Å². The number of nitrogens with one attached hydrogen (secondary N) is 1. The minimum Gasteiger partial charge on any atom is -0.482 e. The van der Waals surface area contributed by atoms with Crippen molar-refractivity contribution in [3.8, 4) is 11.5 Å². The Morgan fingerprint density at radius 3 is 1.57 bits per heavy atom. The van der Waals surface area contributed by atoms with E-state index in [2.05, 4.69) is 5.32 Å². The Kier molecular flexibility index (Phi) is 20.4. The van der Waals surface area contributed by atoms with Crippen LogP contribution in [0.4, 0.5) is 17.6 Å². The first kappa shape index (κ1) is 61.9. The Balaban J connectivity index is 0.000000191. The predicted octanol–water partition coefficient (Wildman–Crippen LogP) is 9.36. The molecule has 0 radical (unpaired) electrons. The minimum absolute atomic E-state index is 0. The van der Waals surface area contributed by atoms with E-state index in [9.17, 15) is 33.0 Å². The van der Waals surface area contributed by atoms with E-state index in [1.54, 1.807) is 12.1 Å². The first-order valence-corrected chi connectivity index (χ1v) is 28.4. The fourth-order valence-corrected chi connectivity index (χ4v) is 12.8. The largest absolute Gasteiger partial charge is 1.00 e. The van der Waals surface area contributed by atoms with Gasteiger partial charge >= 0.3 is 29.6 Å². The van der Waals surface area contributed by atoms with E-state index >= 15 is 4.39 Å². The number of aliphatic hydroxyl groups is 2. The smallest absolute Gasteiger partial charge is 0.482 e. The average molecular weight is 1200 g/mol. The summed E-state index contributed by atoms with van der Waals surface area (Å²) in [5.74, 6) is 2.94. The van der Waals surface area contributed by atoms with Crippen molar-refractivity contribution in [2.75, 3.05) is 13.1 Å². The molecule has 8 aromatic rings. The standard InChI is InChI=1S/C31H28F2N2O5S.C31H27F2NO4S.HNO2.Na/c32-23-11-10-20-22(26(23)33)17-41-25-9-5-4-8-21(25)27(20)35(40-34)18-31(13-14-31)30(37)29-28(24(36)12-15-38-29)39-16-19-6-2-1-3-7-19;32-23-11-10-20-22(26(23)33)17-39-25-9-5-4-8-21(25)27(20)34-18-31(13-14-31)30(36)29-28(24(35)12-15-37-29)38-16-19-6-2-1-3-7-19;2-1-3;/h1-12,15,27,30,37H,13-14,16-18,34H2;1-12,15,27,30,34,36H,13-14,16-18H2;(H,2,3);/q;;;+1/p-1/t2*27-,30?;;/m00../s1. The van der Waals surface area contributed by atoms with E-state index in [1.807, 2.05) is 109 Å². The van der Waals surface area contributed by atoms with Crippen LogP contribution in [0.1, 0.15) is 106 Å². The van der Waals surface area contributed by atoms with E-state index in [1.165, 1.54) is 53.2 Å². The van der Waals surface area contributed by atoms with Crippen LogP contribution in [0.2, 0.25) is 0 Å². The minimum atomic E-state index is -1.22. The fourth-order valence-electron chi connectivity index (χ4n) is 10.6. The third-order valence-electron chi connectivity index (χ3n) is 15.4. The number of hydrogen-bond acceptors (Lipinski definition) is 17. The molecule has 5 N–H and O–H groups in total. The number of nitrogens with two attached hydrogens (primary N) is 1. The SMILES string of the molecule is NON(CC1(C(O)c2occc(=O)c2OCc2ccccc2)CC1)[C@@H]1c2ccccc2SCc2c1ccc(F)c2F.O=N[O-].O=c1ccoc(C(O)C2(CN[C@@H]3c4ccccc4SCc4c3ccc(F)c4F)CC2)c1OCc1ccccc1.[Na+]. The van der Waals surface area contributed by atoms with Gasteiger partial charge in [-0.3, -0.25) is 9.59 Å². The summed E-state index contributed by atoms with van der Waals surface area (Å²) < 4.78 is 81.4. The molecule has 4 atom stereocenters. The van der Waals surface area contributed by atoms with Gasteiger partial charge in [-0.15, -0.1) is 28.9 Å². The van der Waals surface area contributed by atoms with Crippen molar-refractivity contribution < 1.29 is 80.6 Å². The van der Waals surface area contributed by atoms with E-state index < -0.39 is 63.8 Å². The van der Waals surface area contributed by atoms with Crippen LogP contribution in [0.3, 0.4) is 0 Å². The Morgan fingerprint density at radius 1 is 0.631 bits per heavy atom. The monoisotopic (exact) mass is 1190 g/mol. The summed E-state index contributed by atoms with van der Waals surface area (Å²) in [6.07, 6.45) is 2.75. The van der Waals surface area contributed by atoms with Gasteiger partial charge in [0.1, 0.15) is 25.4 Å². The van der Waals surface area contributed by atoms with Crippen LogP contribution >= 0.6 is 23.5 Å². The molecular formula is C62H55F4N4NaO11S2. The summed E-state index contributed by atoms with van der Waals surface area (Å²) in [6, 6.07) is 41.1. The molecular weight excluding hydrogens is 1140 g/mol. The van der Waals surface area contributed by atoms with Crippen molar-refractivity contribution in [3.63, 3.8) is 0 Å². The molecule has 2 saturated carbocycles. The van der Waals surface area contributed by atoms with Crippen LogP contribution in [-0.2, 0) is 29.7 Å². The summed E-state index contributed by atoms with van der Waals surface area (Å²) in [6.45, 7) is 0.766. The quantitative estimate of drug-likeness (QED) is 0.0289. The number of rotatable bonds is 17. The van der Waals surface area contributed by atoms with Gasteiger partial charge in [-0.1, -0.05) is 109 Å². The van der Waals surface area contributed by atoms with Gasteiger partial charge in [0, 0.05) is 68.5 Å². The molecule has 15 nitrogen and oxygen atoms in total. The Morgan fingerprint density at radius 2 is 1.07 bits per heavy atom. The fraction of sp³-hybridized carbons (Fsp3) is 0.258. The van der Waals surface area contributed by atoms with Gasteiger partial charge < -0.3 is 44.0 Å². The van der Waals surface area contributed by atoms with Gasteiger partial charge in [-0.25, -0.2) is 22.5 Å². The van der Waals surface area contributed by atoms with E-state index in [0.717, 1.165) is 49.5 Å². The molecule has 0 bridgehead atoms. The summed E-state index contributed by atoms with van der Waals surface area (Å²) in [4.78, 5) is 40.8. The van der Waals surface area contributed by atoms with Crippen molar-refractivity contribution in [3.05, 3.63) is 268 Å². The first-order chi connectivity index (χ1) is 40.3. The van der Waals surface area contributed by atoms with Crippen LogP contribution < -0.4 is 61.1 Å². The van der Waals surface area contributed by atoms with Gasteiger partial charge in [0.2, 0.25) is 22.4 Å². The zero-order valence-electron chi connectivity index (χ0n) is 45.3. The van der Waals surface area contributed by atoms with Gasteiger partial charge in [-0.05, 0) is 83.3 Å².